The van der Waals surface area contributed by atoms with Crippen molar-refractivity contribution < 1.29 is 28.6 Å². The van der Waals surface area contributed by atoms with Gasteiger partial charge in [0, 0.05) is 12.8 Å². The van der Waals surface area contributed by atoms with E-state index in [2.05, 4.69) is 106 Å². The van der Waals surface area contributed by atoms with Crippen LogP contribution in [0.25, 0.3) is 0 Å². The number of hydrogen-bond acceptors (Lipinski definition) is 6. The van der Waals surface area contributed by atoms with E-state index < -0.39 is 12.1 Å². The van der Waals surface area contributed by atoms with Crippen molar-refractivity contribution in [1.29, 1.82) is 0 Å². The second kappa shape index (κ2) is 66.8. The van der Waals surface area contributed by atoms with Crippen LogP contribution < -0.4 is 0 Å². The molecule has 454 valence electrons. The molecule has 0 aromatic carbocycles. The van der Waals surface area contributed by atoms with Gasteiger partial charge in [0.15, 0.2) is 6.10 Å². The van der Waals surface area contributed by atoms with E-state index >= 15 is 0 Å². The second-order valence-corrected chi connectivity index (χ2v) is 22.4. The lowest BCUT2D eigenvalue weighted by Gasteiger charge is -2.18. The van der Waals surface area contributed by atoms with Gasteiger partial charge >= 0.3 is 17.9 Å². The lowest BCUT2D eigenvalue weighted by molar-refractivity contribution is -0.166. The quantitative estimate of drug-likeness (QED) is 0.0261. The van der Waals surface area contributed by atoms with Crippen molar-refractivity contribution in [2.75, 3.05) is 13.2 Å². The highest BCUT2D eigenvalue weighted by atomic mass is 16.6. The highest BCUT2D eigenvalue weighted by molar-refractivity contribution is 5.72. The molecule has 6 heteroatoms. The van der Waals surface area contributed by atoms with Crippen LogP contribution in [-0.4, -0.2) is 37.2 Å². The SMILES string of the molecule is CC/C=C\C/C=C\C/C=C\C/C=C\C/C=C\CC(=O)OCC(COC(=O)CCCCCCCCCCCCCC/C=C\C/C=C\C/C=C\CCCCCCC)OC(=O)CCCCCCCCCCCCCCCCCCCCC. The van der Waals surface area contributed by atoms with E-state index in [1.165, 1.54) is 205 Å². The summed E-state index contributed by atoms with van der Waals surface area (Å²) in [6.45, 7) is 6.47. The maximum atomic E-state index is 12.9. The fraction of sp³-hybridized carbons (Fsp3) is 0.740. The van der Waals surface area contributed by atoms with Crippen LogP contribution in [0.2, 0.25) is 0 Å². The molecule has 0 aliphatic heterocycles. The fourth-order valence-corrected chi connectivity index (χ4v) is 9.58. The molecule has 0 aliphatic carbocycles. The number of carbonyl (C=O) groups excluding carboxylic acids is 3. The van der Waals surface area contributed by atoms with Gasteiger partial charge in [-0.05, 0) is 83.5 Å². The van der Waals surface area contributed by atoms with Gasteiger partial charge < -0.3 is 14.2 Å². The highest BCUT2D eigenvalue weighted by Crippen LogP contribution is 2.17. The van der Waals surface area contributed by atoms with Crippen LogP contribution in [-0.2, 0) is 28.6 Å². The molecule has 79 heavy (non-hydrogen) atoms. The number of esters is 3. The molecule has 1 unspecified atom stereocenters. The Morgan fingerprint density at radius 2 is 0.544 bits per heavy atom. The molecule has 0 amide bonds. The van der Waals surface area contributed by atoms with E-state index in [4.69, 9.17) is 14.2 Å². The minimum Gasteiger partial charge on any atom is -0.462 e. The molecule has 0 saturated heterocycles. The first-order chi connectivity index (χ1) is 39.0. The fourth-order valence-electron chi connectivity index (χ4n) is 9.58. The minimum absolute atomic E-state index is 0.106. The maximum absolute atomic E-state index is 12.9. The molecule has 0 bridgehead atoms. The molecule has 0 aromatic rings. The zero-order chi connectivity index (χ0) is 57.1. The Labute approximate surface area is 489 Å². The van der Waals surface area contributed by atoms with Crippen LogP contribution in [0.4, 0.5) is 0 Å². The molecule has 0 aliphatic rings. The standard InChI is InChI=1S/C73H126O6/c1-4-7-10-13-16-19-22-25-28-30-32-33-34-35-36-37-38-39-41-42-45-48-51-54-57-60-63-66-72(75)78-69-70(68-77-71(74)65-62-59-56-53-50-47-44-27-24-21-18-15-12-9-6-3)79-73(76)67-64-61-58-55-52-49-46-43-40-31-29-26-23-20-17-14-11-8-5-2/h9,12,18,21-22,25,27,30,32,34-35,44,50,53,59,62,70H,4-8,10-11,13-17,19-20,23-24,26,28-29,31,33,36-43,45-49,51-52,54-58,60-61,63-69H2,1-3H3/b12-9-,21-18-,25-22-,32-30-,35-34-,44-27-,53-50-,62-59-. The summed E-state index contributed by atoms with van der Waals surface area (Å²) >= 11 is 0. The lowest BCUT2D eigenvalue weighted by Crippen LogP contribution is -2.30. The molecular formula is C73H126O6. The Hall–Kier alpha value is -3.67. The third-order valence-electron chi connectivity index (χ3n) is 14.6. The van der Waals surface area contributed by atoms with Gasteiger partial charge in [0.25, 0.3) is 0 Å². The number of carbonyl (C=O) groups is 3. The van der Waals surface area contributed by atoms with Crippen LogP contribution in [0.5, 0.6) is 0 Å². The summed E-state index contributed by atoms with van der Waals surface area (Å²) in [7, 11) is 0. The Morgan fingerprint density at radius 1 is 0.278 bits per heavy atom. The molecule has 0 radical (unpaired) electrons. The van der Waals surface area contributed by atoms with Gasteiger partial charge in [-0.2, -0.15) is 0 Å². The van der Waals surface area contributed by atoms with Crippen molar-refractivity contribution >= 4 is 17.9 Å². The van der Waals surface area contributed by atoms with Crippen LogP contribution in [0.1, 0.15) is 329 Å². The Bertz CT molecular complexity index is 1540. The number of hydrogen-bond donors (Lipinski definition) is 0. The second-order valence-electron chi connectivity index (χ2n) is 22.4. The van der Waals surface area contributed by atoms with Crippen molar-refractivity contribution in [3.05, 3.63) is 97.2 Å². The van der Waals surface area contributed by atoms with Crippen LogP contribution in [0.3, 0.4) is 0 Å². The van der Waals surface area contributed by atoms with Gasteiger partial charge in [-0.1, -0.05) is 323 Å². The van der Waals surface area contributed by atoms with E-state index in [0.717, 1.165) is 83.5 Å². The molecule has 0 rings (SSSR count). The summed E-state index contributed by atoms with van der Waals surface area (Å²) in [5.41, 5.74) is 0. The first-order valence-electron chi connectivity index (χ1n) is 33.7. The minimum atomic E-state index is -0.818. The number of rotatable bonds is 61. The number of ether oxygens (including phenoxy) is 3. The topological polar surface area (TPSA) is 78.9 Å². The molecule has 0 saturated carbocycles. The molecule has 0 heterocycles. The lowest BCUT2D eigenvalue weighted by atomic mass is 10.0. The molecule has 0 N–H and O–H groups in total. The van der Waals surface area contributed by atoms with Gasteiger partial charge in [-0.3, -0.25) is 14.4 Å². The summed E-state index contributed by atoms with van der Waals surface area (Å²) in [5.74, 6) is -1.03. The average molecular weight is 1100 g/mol. The molecule has 1 atom stereocenters. The summed E-state index contributed by atoms with van der Waals surface area (Å²) in [6.07, 6.45) is 90.2. The molecule has 6 nitrogen and oxygen atoms in total. The monoisotopic (exact) mass is 1100 g/mol. The Kier molecular flexibility index (Phi) is 63.7. The maximum Gasteiger partial charge on any atom is 0.309 e. The van der Waals surface area contributed by atoms with Gasteiger partial charge in [-0.25, -0.2) is 0 Å². The molecule has 0 spiro atoms. The van der Waals surface area contributed by atoms with E-state index in [-0.39, 0.29) is 31.6 Å². The van der Waals surface area contributed by atoms with Crippen molar-refractivity contribution in [2.24, 2.45) is 0 Å². The normalized spacial score (nSPS) is 12.7. The number of unbranched alkanes of at least 4 members (excludes halogenated alkanes) is 35. The molecule has 0 aromatic heterocycles. The van der Waals surface area contributed by atoms with Crippen LogP contribution >= 0.6 is 0 Å². The van der Waals surface area contributed by atoms with E-state index in [0.29, 0.717) is 12.8 Å². The Morgan fingerprint density at radius 3 is 0.886 bits per heavy atom. The van der Waals surface area contributed by atoms with Crippen molar-refractivity contribution in [2.45, 2.75) is 335 Å². The van der Waals surface area contributed by atoms with Crippen LogP contribution in [0, 0.1) is 0 Å². The number of allylic oxidation sites excluding steroid dienone is 15. The largest absolute Gasteiger partial charge is 0.462 e. The molecular weight excluding hydrogens is 973 g/mol. The average Bonchev–Trinajstić information content (AvgIpc) is 3.45. The first-order valence-corrected chi connectivity index (χ1v) is 33.7. The summed E-state index contributed by atoms with van der Waals surface area (Å²) < 4.78 is 16.8. The zero-order valence-corrected chi connectivity index (χ0v) is 52.1. The van der Waals surface area contributed by atoms with E-state index in [1.807, 2.05) is 6.08 Å². The molecule has 0 fully saturated rings. The van der Waals surface area contributed by atoms with Crippen molar-refractivity contribution in [3.8, 4) is 0 Å². The third-order valence-corrected chi connectivity index (χ3v) is 14.6. The summed E-state index contributed by atoms with van der Waals surface area (Å²) in [6, 6.07) is 0. The van der Waals surface area contributed by atoms with E-state index in [1.54, 1.807) is 6.08 Å². The summed E-state index contributed by atoms with van der Waals surface area (Å²) in [4.78, 5) is 38.3. The Balaban J connectivity index is 4.36. The van der Waals surface area contributed by atoms with Crippen LogP contribution in [0.15, 0.2) is 97.2 Å². The highest BCUT2D eigenvalue weighted by Gasteiger charge is 2.19. The summed E-state index contributed by atoms with van der Waals surface area (Å²) in [5, 5.41) is 0. The van der Waals surface area contributed by atoms with Gasteiger partial charge in [-0.15, -0.1) is 0 Å². The first kappa shape index (κ1) is 75.3. The van der Waals surface area contributed by atoms with Gasteiger partial charge in [0.2, 0.25) is 0 Å². The van der Waals surface area contributed by atoms with E-state index in [9.17, 15) is 14.4 Å². The van der Waals surface area contributed by atoms with Gasteiger partial charge in [0.05, 0.1) is 6.42 Å². The third kappa shape index (κ3) is 65.0. The predicted molar refractivity (Wildman–Crippen MR) is 344 cm³/mol. The van der Waals surface area contributed by atoms with Crippen molar-refractivity contribution in [1.82, 2.24) is 0 Å². The smallest absolute Gasteiger partial charge is 0.309 e. The van der Waals surface area contributed by atoms with Crippen molar-refractivity contribution in [3.63, 3.8) is 0 Å². The van der Waals surface area contributed by atoms with Gasteiger partial charge in [0.1, 0.15) is 13.2 Å². The predicted octanol–water partition coefficient (Wildman–Crippen LogP) is 23.2. The zero-order valence-electron chi connectivity index (χ0n) is 52.1.